The van der Waals surface area contributed by atoms with Crippen LogP contribution in [-0.2, 0) is 20.9 Å². The highest BCUT2D eigenvalue weighted by atomic mass is 35.5. The van der Waals surface area contributed by atoms with Crippen molar-refractivity contribution in [2.45, 2.75) is 19.4 Å². The van der Waals surface area contributed by atoms with Crippen LogP contribution in [0.15, 0.2) is 73.1 Å². The summed E-state index contributed by atoms with van der Waals surface area (Å²) in [5.74, 6) is -0.469. The molecule has 1 unspecified atom stereocenters. The lowest BCUT2D eigenvalue weighted by Gasteiger charge is -2.38. The smallest absolute Gasteiger partial charge is 0.244 e. The summed E-state index contributed by atoms with van der Waals surface area (Å²) in [5.41, 5.74) is 9.40. The number of nitrogen functional groups attached to an aromatic ring is 1. The van der Waals surface area contributed by atoms with E-state index in [4.69, 9.17) is 27.0 Å². The van der Waals surface area contributed by atoms with E-state index in [1.165, 1.54) is 34.1 Å². The van der Waals surface area contributed by atoms with Crippen LogP contribution >= 0.6 is 11.6 Å². The lowest BCUT2D eigenvalue weighted by molar-refractivity contribution is -0.279. The number of rotatable bonds is 8. The molecule has 13 heteroatoms. The topological polar surface area (TPSA) is 141 Å². The predicted molar refractivity (Wildman–Crippen MR) is 144 cm³/mol. The summed E-state index contributed by atoms with van der Waals surface area (Å²) in [5, 5.41) is 17.6. The van der Waals surface area contributed by atoms with Crippen LogP contribution in [0, 0.1) is 0 Å². The first-order valence-electron chi connectivity index (χ1n) is 12.0. The second-order valence-corrected chi connectivity index (χ2v) is 9.19. The van der Waals surface area contributed by atoms with Crippen molar-refractivity contribution in [1.82, 2.24) is 25.3 Å². The van der Waals surface area contributed by atoms with Crippen LogP contribution in [0.4, 0.5) is 17.1 Å². The number of amides is 1. The van der Waals surface area contributed by atoms with Gasteiger partial charge in [-0.1, -0.05) is 41.9 Å². The molecule has 12 nitrogen and oxygen atoms in total. The Bertz CT molecular complexity index is 1460. The molecule has 3 aromatic carbocycles. The third-order valence-electron chi connectivity index (χ3n) is 6.12. The second kappa shape index (κ2) is 11.6. The Balaban J connectivity index is 1.35. The number of carbonyl (C=O) groups excluding carboxylic acids is 2. The van der Waals surface area contributed by atoms with Gasteiger partial charge in [-0.15, -0.1) is 10.2 Å². The largest absolute Gasteiger partial charge is 0.397 e. The highest BCUT2D eigenvalue weighted by Gasteiger charge is 2.33. The van der Waals surface area contributed by atoms with E-state index in [0.717, 1.165) is 5.56 Å². The molecule has 4 aromatic rings. The van der Waals surface area contributed by atoms with Crippen molar-refractivity contribution in [3.8, 4) is 5.69 Å². The summed E-state index contributed by atoms with van der Waals surface area (Å²) < 4.78 is 1.48. The van der Waals surface area contributed by atoms with Crippen molar-refractivity contribution < 1.29 is 19.3 Å². The first-order chi connectivity index (χ1) is 18.9. The fraction of sp³-hybridized carbons (Fsp3) is 0.192. The summed E-state index contributed by atoms with van der Waals surface area (Å²) in [6.07, 6.45) is 1.80. The fourth-order valence-electron chi connectivity index (χ4n) is 4.08. The first kappa shape index (κ1) is 26.3. The number of tetrazole rings is 1. The van der Waals surface area contributed by atoms with E-state index in [0.29, 0.717) is 34.1 Å². The van der Waals surface area contributed by atoms with Gasteiger partial charge in [-0.05, 0) is 65.7 Å². The van der Waals surface area contributed by atoms with Gasteiger partial charge in [-0.2, -0.15) is 4.68 Å². The standard InChI is InChI=1S/C26H25ClN8O4/c1-17(36)19-7-9-22(21(28)12-19)30-26(37)25(11-18-5-3-2-4-6-18)35-16-38-34(15-39-35)24-13-20(27)8-10-23(24)33-14-29-31-32-33/h2-10,12-14,25H,11,15-16,28H2,1H3,(H,30,37). The lowest BCUT2D eigenvalue weighted by atomic mass is 10.0. The number of nitrogens with two attached hydrogens (primary N) is 1. The number of halogens is 1. The Morgan fingerprint density at radius 1 is 1.05 bits per heavy atom. The molecule has 0 saturated carbocycles. The van der Waals surface area contributed by atoms with Crippen LogP contribution in [0.5, 0.6) is 0 Å². The van der Waals surface area contributed by atoms with Gasteiger partial charge in [0.25, 0.3) is 0 Å². The number of benzene rings is 3. The molecule has 0 radical (unpaired) electrons. The van der Waals surface area contributed by atoms with Crippen molar-refractivity contribution in [3.05, 3.63) is 89.2 Å². The summed E-state index contributed by atoms with van der Waals surface area (Å²) in [4.78, 5) is 37.2. The average molecular weight is 549 g/mol. The van der Waals surface area contributed by atoms with E-state index in [9.17, 15) is 9.59 Å². The molecule has 1 saturated heterocycles. The van der Waals surface area contributed by atoms with Crippen LogP contribution < -0.4 is 16.1 Å². The number of Topliss-reactive ketones (excluding diaryl/α,β-unsaturated/α-hetero) is 1. The summed E-state index contributed by atoms with van der Waals surface area (Å²) in [7, 11) is 0. The fourth-order valence-corrected chi connectivity index (χ4v) is 4.25. The summed E-state index contributed by atoms with van der Waals surface area (Å²) in [6.45, 7) is 1.35. The van der Waals surface area contributed by atoms with Crippen LogP contribution in [0.25, 0.3) is 5.69 Å². The zero-order valence-electron chi connectivity index (χ0n) is 20.9. The van der Waals surface area contributed by atoms with Crippen molar-refractivity contribution in [2.75, 3.05) is 29.6 Å². The number of hydroxylamine groups is 3. The van der Waals surface area contributed by atoms with Crippen molar-refractivity contribution >= 4 is 40.4 Å². The van der Waals surface area contributed by atoms with E-state index < -0.39 is 6.04 Å². The van der Waals surface area contributed by atoms with Gasteiger partial charge in [0.15, 0.2) is 19.2 Å². The Hall–Kier alpha value is -4.36. The maximum absolute atomic E-state index is 13.5. The third-order valence-corrected chi connectivity index (χ3v) is 6.36. The summed E-state index contributed by atoms with van der Waals surface area (Å²) in [6, 6.07) is 18.7. The maximum Gasteiger partial charge on any atom is 0.244 e. The zero-order valence-corrected chi connectivity index (χ0v) is 21.7. The molecule has 1 aliphatic rings. The molecule has 5 rings (SSSR count). The molecule has 1 atom stereocenters. The Kier molecular flexibility index (Phi) is 7.79. The molecular formula is C26H25ClN8O4. The van der Waals surface area contributed by atoms with Gasteiger partial charge in [0.2, 0.25) is 5.91 Å². The normalized spacial score (nSPS) is 14.7. The molecular weight excluding hydrogens is 524 g/mol. The minimum absolute atomic E-state index is 0.0382. The van der Waals surface area contributed by atoms with Crippen LogP contribution in [0.2, 0.25) is 5.02 Å². The van der Waals surface area contributed by atoms with Gasteiger partial charge < -0.3 is 11.1 Å². The number of ketones is 1. The van der Waals surface area contributed by atoms with Crippen LogP contribution in [-0.4, -0.2) is 56.5 Å². The molecule has 200 valence electrons. The second-order valence-electron chi connectivity index (χ2n) is 8.75. The number of nitrogens with one attached hydrogen (secondary N) is 1. The number of carbonyl (C=O) groups is 2. The molecule has 0 bridgehead atoms. The molecule has 2 heterocycles. The molecule has 1 amide bonds. The molecule has 0 spiro atoms. The Morgan fingerprint density at radius 3 is 2.54 bits per heavy atom. The van der Waals surface area contributed by atoms with E-state index >= 15 is 0 Å². The predicted octanol–water partition coefficient (Wildman–Crippen LogP) is 3.25. The SMILES string of the molecule is CC(=O)c1ccc(NC(=O)C(Cc2ccccc2)N2CON(c3cc(Cl)ccc3-n3cnnn3)CO2)c(N)c1. The number of nitrogens with zero attached hydrogens (tertiary/aromatic N) is 6. The van der Waals surface area contributed by atoms with Gasteiger partial charge in [0.05, 0.1) is 22.7 Å². The quantitative estimate of drug-likeness (QED) is 0.249. The van der Waals surface area contributed by atoms with Gasteiger partial charge in [-0.25, -0.2) is 5.06 Å². The van der Waals surface area contributed by atoms with E-state index in [-0.39, 0.29) is 30.8 Å². The van der Waals surface area contributed by atoms with E-state index in [1.54, 1.807) is 30.3 Å². The highest BCUT2D eigenvalue weighted by Crippen LogP contribution is 2.30. The molecule has 1 fully saturated rings. The summed E-state index contributed by atoms with van der Waals surface area (Å²) >= 11 is 6.25. The first-order valence-corrected chi connectivity index (χ1v) is 12.3. The average Bonchev–Trinajstić information content (AvgIpc) is 3.48. The molecule has 1 aliphatic heterocycles. The Morgan fingerprint density at radius 2 is 1.87 bits per heavy atom. The molecule has 0 aliphatic carbocycles. The third kappa shape index (κ3) is 6.04. The van der Waals surface area contributed by atoms with Crippen molar-refractivity contribution in [1.29, 1.82) is 0 Å². The zero-order chi connectivity index (χ0) is 27.4. The lowest BCUT2D eigenvalue weighted by Crippen LogP contribution is -2.52. The Labute approximate surface area is 228 Å². The van der Waals surface area contributed by atoms with Gasteiger partial charge in [0, 0.05) is 10.6 Å². The monoisotopic (exact) mass is 548 g/mol. The van der Waals surface area contributed by atoms with E-state index in [1.807, 2.05) is 30.3 Å². The number of hydrogen-bond donors (Lipinski definition) is 2. The number of anilines is 3. The van der Waals surface area contributed by atoms with Crippen LogP contribution in [0.1, 0.15) is 22.8 Å². The van der Waals surface area contributed by atoms with Crippen LogP contribution in [0.3, 0.4) is 0 Å². The molecule has 3 N–H and O–H groups in total. The van der Waals surface area contributed by atoms with Crippen molar-refractivity contribution in [2.24, 2.45) is 0 Å². The van der Waals surface area contributed by atoms with Crippen molar-refractivity contribution in [3.63, 3.8) is 0 Å². The van der Waals surface area contributed by atoms with Gasteiger partial charge in [-0.3, -0.25) is 19.3 Å². The van der Waals surface area contributed by atoms with Gasteiger partial charge in [0.1, 0.15) is 12.4 Å². The number of aromatic nitrogens is 4. The van der Waals surface area contributed by atoms with Gasteiger partial charge >= 0.3 is 0 Å². The molecule has 1 aromatic heterocycles. The molecule has 39 heavy (non-hydrogen) atoms. The highest BCUT2D eigenvalue weighted by molar-refractivity contribution is 6.31. The maximum atomic E-state index is 13.5. The number of hydrogen-bond acceptors (Lipinski definition) is 10. The minimum Gasteiger partial charge on any atom is -0.397 e. The van der Waals surface area contributed by atoms with E-state index in [2.05, 4.69) is 20.8 Å². The minimum atomic E-state index is -0.764.